The van der Waals surface area contributed by atoms with E-state index in [2.05, 4.69) is 43.6 Å². The summed E-state index contributed by atoms with van der Waals surface area (Å²) in [6.07, 6.45) is 1.83. The number of imidazole rings is 1. The zero-order valence-corrected chi connectivity index (χ0v) is 25.6. The van der Waals surface area contributed by atoms with Crippen molar-refractivity contribution in [1.29, 1.82) is 0 Å². The molecule has 0 bridgehead atoms. The molecule has 0 saturated carbocycles. The number of halogens is 3. The summed E-state index contributed by atoms with van der Waals surface area (Å²) >= 11 is 15.9. The number of piperidine rings is 1. The fourth-order valence-electron chi connectivity index (χ4n) is 5.89. The van der Waals surface area contributed by atoms with Gasteiger partial charge in [0.15, 0.2) is 0 Å². The van der Waals surface area contributed by atoms with Crippen LogP contribution in [0.15, 0.2) is 71.2 Å². The van der Waals surface area contributed by atoms with E-state index in [1.807, 2.05) is 35.2 Å². The minimum absolute atomic E-state index is 0.0705. The Balaban J connectivity index is 1.12. The van der Waals surface area contributed by atoms with E-state index in [0.29, 0.717) is 49.9 Å². The highest BCUT2D eigenvalue weighted by atomic mass is 79.9. The number of benzene rings is 3. The lowest BCUT2D eigenvalue weighted by Crippen LogP contribution is -2.53. The second kappa shape index (κ2) is 12.1. The van der Waals surface area contributed by atoms with Crippen LogP contribution in [0.5, 0.6) is 0 Å². The first-order chi connectivity index (χ1) is 19.9. The number of aromatic nitrogens is 2. The van der Waals surface area contributed by atoms with E-state index in [1.165, 1.54) is 0 Å². The smallest absolute Gasteiger partial charge is 0.255 e. The third-order valence-electron chi connectivity index (χ3n) is 8.00. The van der Waals surface area contributed by atoms with Crippen molar-refractivity contribution in [3.05, 3.63) is 92.6 Å². The number of piperazine rings is 1. The molecule has 2 aliphatic heterocycles. The van der Waals surface area contributed by atoms with Crippen LogP contribution in [0.4, 0.5) is 0 Å². The Hall–Kier alpha value is -2.91. The van der Waals surface area contributed by atoms with Gasteiger partial charge in [-0.3, -0.25) is 19.1 Å². The second-order valence-electron chi connectivity index (χ2n) is 10.6. The molecule has 6 rings (SSSR count). The minimum atomic E-state index is -0.151. The Morgan fingerprint density at radius 3 is 2.39 bits per heavy atom. The topological polar surface area (TPSA) is 61.7 Å². The van der Waals surface area contributed by atoms with Crippen molar-refractivity contribution in [1.82, 2.24) is 24.3 Å². The predicted octanol–water partition coefficient (Wildman–Crippen LogP) is 6.29. The molecule has 2 aliphatic rings. The van der Waals surface area contributed by atoms with E-state index in [1.54, 1.807) is 23.1 Å². The van der Waals surface area contributed by atoms with Crippen LogP contribution in [0.25, 0.3) is 16.7 Å². The van der Waals surface area contributed by atoms with E-state index in [9.17, 15) is 9.59 Å². The molecule has 10 heteroatoms. The molecule has 2 amide bonds. The monoisotopic (exact) mass is 653 g/mol. The van der Waals surface area contributed by atoms with Crippen LogP contribution in [0.3, 0.4) is 0 Å². The number of carbonyl (C=O) groups excluding carboxylic acids is 2. The lowest BCUT2D eigenvalue weighted by Gasteiger charge is -2.39. The summed E-state index contributed by atoms with van der Waals surface area (Å²) in [5.74, 6) is 0.915. The summed E-state index contributed by atoms with van der Waals surface area (Å²) in [4.78, 5) is 37.6. The van der Waals surface area contributed by atoms with Gasteiger partial charge in [-0.05, 0) is 67.9 Å². The van der Waals surface area contributed by atoms with Crippen molar-refractivity contribution in [2.75, 3.05) is 39.3 Å². The van der Waals surface area contributed by atoms with Gasteiger partial charge in [0.2, 0.25) is 5.91 Å². The molecule has 1 atom stereocenters. The molecule has 2 saturated heterocycles. The molecule has 0 unspecified atom stereocenters. The average molecular weight is 655 g/mol. The molecule has 0 aliphatic carbocycles. The molecule has 41 heavy (non-hydrogen) atoms. The lowest BCUT2D eigenvalue weighted by atomic mass is 9.96. The number of hydrogen-bond acceptors (Lipinski definition) is 4. The molecule has 1 aromatic heterocycles. The number of para-hydroxylation sites is 2. The summed E-state index contributed by atoms with van der Waals surface area (Å²) in [5, 5.41) is 0.634. The molecular formula is C31H30BrCl2N5O2. The predicted molar refractivity (Wildman–Crippen MR) is 166 cm³/mol. The Labute approximate surface area is 257 Å². The highest BCUT2D eigenvalue weighted by molar-refractivity contribution is 9.10. The van der Waals surface area contributed by atoms with Crippen molar-refractivity contribution in [2.45, 2.75) is 19.4 Å². The second-order valence-corrected chi connectivity index (χ2v) is 12.3. The lowest BCUT2D eigenvalue weighted by molar-refractivity contribution is -0.139. The number of hydrogen-bond donors (Lipinski definition) is 0. The molecule has 212 valence electrons. The summed E-state index contributed by atoms with van der Waals surface area (Å²) in [6, 6.07) is 21.5. The molecule has 7 nitrogen and oxygen atoms in total. The van der Waals surface area contributed by atoms with E-state index in [0.717, 1.165) is 46.4 Å². The molecule has 3 heterocycles. The number of rotatable bonds is 5. The number of nitrogens with zero attached hydrogens (tertiary/aromatic N) is 5. The number of carbonyl (C=O) groups is 2. The third kappa shape index (κ3) is 5.89. The molecular weight excluding hydrogens is 625 g/mol. The van der Waals surface area contributed by atoms with Crippen molar-refractivity contribution < 1.29 is 9.59 Å². The molecule has 2 fully saturated rings. The van der Waals surface area contributed by atoms with Gasteiger partial charge in [0, 0.05) is 42.9 Å². The van der Waals surface area contributed by atoms with Gasteiger partial charge in [-0.15, -0.1) is 0 Å². The van der Waals surface area contributed by atoms with E-state index >= 15 is 0 Å². The van der Waals surface area contributed by atoms with Crippen LogP contribution >= 0.6 is 39.1 Å². The van der Waals surface area contributed by atoms with Gasteiger partial charge in [0.25, 0.3) is 5.91 Å². The Morgan fingerprint density at radius 2 is 1.61 bits per heavy atom. The number of amides is 2. The first-order valence-corrected chi connectivity index (χ1v) is 15.4. The zero-order chi connectivity index (χ0) is 28.5. The van der Waals surface area contributed by atoms with Crippen molar-refractivity contribution in [3.8, 4) is 5.69 Å². The normalized spacial score (nSPS) is 18.2. The molecule has 4 aromatic rings. The number of likely N-dealkylation sites (tertiary alicyclic amines) is 1. The van der Waals surface area contributed by atoms with E-state index in [-0.39, 0.29) is 22.8 Å². The van der Waals surface area contributed by atoms with E-state index < -0.39 is 0 Å². The standard InChI is InChI=1S/C31H30BrCl2N5O2/c32-22-10-12-23(13-11-22)39-27-9-2-1-8-26(27)35-28(39)20-36-14-4-5-21(19-36)30(40)37-15-17-38(18-16-37)31(41)24-6-3-7-25(33)29(24)34/h1-3,6-13,21H,4-5,14-20H2/t21-/m1/s1. The van der Waals surface area contributed by atoms with Gasteiger partial charge in [-0.1, -0.05) is 57.3 Å². The van der Waals surface area contributed by atoms with Crippen LogP contribution in [0.1, 0.15) is 29.0 Å². The van der Waals surface area contributed by atoms with Crippen molar-refractivity contribution >= 4 is 62.0 Å². The fraction of sp³-hybridized carbons (Fsp3) is 0.323. The summed E-state index contributed by atoms with van der Waals surface area (Å²) in [6.45, 7) is 4.26. The van der Waals surface area contributed by atoms with E-state index in [4.69, 9.17) is 28.2 Å². The summed E-state index contributed by atoms with van der Waals surface area (Å²) in [7, 11) is 0. The van der Waals surface area contributed by atoms with Gasteiger partial charge in [-0.25, -0.2) is 4.98 Å². The molecule has 0 N–H and O–H groups in total. The first kappa shape index (κ1) is 28.2. The van der Waals surface area contributed by atoms with Gasteiger partial charge >= 0.3 is 0 Å². The summed E-state index contributed by atoms with van der Waals surface area (Å²) in [5.41, 5.74) is 3.49. The summed E-state index contributed by atoms with van der Waals surface area (Å²) < 4.78 is 3.25. The SMILES string of the molecule is O=C(c1cccc(Cl)c1Cl)N1CCN(C(=O)[C@@H]2CCCN(Cc3nc4ccccc4n3-c3ccc(Br)cc3)C2)CC1. The Kier molecular flexibility index (Phi) is 8.35. The quantitative estimate of drug-likeness (QED) is 0.254. The molecule has 0 spiro atoms. The highest BCUT2D eigenvalue weighted by Gasteiger charge is 2.33. The van der Waals surface area contributed by atoms with Crippen molar-refractivity contribution in [3.63, 3.8) is 0 Å². The van der Waals surface area contributed by atoms with Crippen LogP contribution in [-0.4, -0.2) is 75.3 Å². The highest BCUT2D eigenvalue weighted by Crippen LogP contribution is 2.28. The Morgan fingerprint density at radius 1 is 0.878 bits per heavy atom. The van der Waals surface area contributed by atoms with Crippen LogP contribution in [0.2, 0.25) is 10.0 Å². The maximum Gasteiger partial charge on any atom is 0.255 e. The van der Waals surface area contributed by atoms with Gasteiger partial charge < -0.3 is 9.80 Å². The van der Waals surface area contributed by atoms with Crippen LogP contribution < -0.4 is 0 Å². The number of fused-ring (bicyclic) bond motifs is 1. The van der Waals surface area contributed by atoms with Gasteiger partial charge in [0.1, 0.15) is 5.82 Å². The fourth-order valence-corrected chi connectivity index (χ4v) is 6.53. The first-order valence-electron chi connectivity index (χ1n) is 13.9. The molecule has 0 radical (unpaired) electrons. The third-order valence-corrected chi connectivity index (χ3v) is 9.34. The molecule has 3 aromatic carbocycles. The zero-order valence-electron chi connectivity index (χ0n) is 22.5. The van der Waals surface area contributed by atoms with Crippen LogP contribution in [0, 0.1) is 5.92 Å². The average Bonchev–Trinajstić information content (AvgIpc) is 3.36. The maximum atomic E-state index is 13.6. The van der Waals surface area contributed by atoms with Gasteiger partial charge in [0.05, 0.1) is 39.1 Å². The largest absolute Gasteiger partial charge is 0.339 e. The minimum Gasteiger partial charge on any atom is -0.339 e. The van der Waals surface area contributed by atoms with Gasteiger partial charge in [-0.2, -0.15) is 0 Å². The Bertz CT molecular complexity index is 1580. The van der Waals surface area contributed by atoms with Crippen molar-refractivity contribution in [2.24, 2.45) is 5.92 Å². The maximum absolute atomic E-state index is 13.6. The van der Waals surface area contributed by atoms with Crippen LogP contribution in [-0.2, 0) is 11.3 Å².